The van der Waals surface area contributed by atoms with Crippen LogP contribution in [0.3, 0.4) is 0 Å². The van der Waals surface area contributed by atoms with Gasteiger partial charge in [-0.25, -0.2) is 0 Å². The van der Waals surface area contributed by atoms with Crippen LogP contribution in [0.25, 0.3) is 6.08 Å². The summed E-state index contributed by atoms with van der Waals surface area (Å²) in [4.78, 5) is 14.6. The molecule has 0 spiro atoms. The van der Waals surface area contributed by atoms with Crippen molar-refractivity contribution in [2.75, 3.05) is 12.0 Å². The Labute approximate surface area is 191 Å². The molecule has 0 radical (unpaired) electrons. The van der Waals surface area contributed by atoms with Crippen molar-refractivity contribution in [3.05, 3.63) is 81.8 Å². The van der Waals surface area contributed by atoms with Gasteiger partial charge in [0.15, 0.2) is 5.11 Å². The maximum atomic E-state index is 13.1. The van der Waals surface area contributed by atoms with E-state index in [2.05, 4.69) is 10.4 Å². The number of methoxy groups -OCH3 is 1. The fourth-order valence-electron chi connectivity index (χ4n) is 3.53. The SMILES string of the molecule is COc1cccc(N2C(=O)/C(=C/c3c(C)nn(Cc4ccccc4Cl)c3C)NC2=S)c1. The number of hydrogen-bond donors (Lipinski definition) is 1. The van der Waals surface area contributed by atoms with E-state index in [1.807, 2.05) is 61.0 Å². The predicted octanol–water partition coefficient (Wildman–Crippen LogP) is 4.47. The van der Waals surface area contributed by atoms with Crippen LogP contribution < -0.4 is 15.0 Å². The predicted molar refractivity (Wildman–Crippen MR) is 126 cm³/mol. The summed E-state index contributed by atoms with van der Waals surface area (Å²) in [6.45, 7) is 4.44. The molecule has 6 nitrogen and oxygen atoms in total. The molecule has 2 heterocycles. The van der Waals surface area contributed by atoms with Gasteiger partial charge in [0.05, 0.1) is 25.0 Å². The zero-order chi connectivity index (χ0) is 22.1. The molecule has 1 aliphatic heterocycles. The standard InChI is InChI=1S/C23H21ClN4O2S/c1-14-19(15(2)27(26-14)13-16-7-4-5-10-20(16)24)12-21-22(29)28(23(31)25-21)17-8-6-9-18(11-17)30-3/h4-12H,13H2,1-3H3,(H,25,31)/b21-12-. The van der Waals surface area contributed by atoms with E-state index in [9.17, 15) is 4.79 Å². The highest BCUT2D eigenvalue weighted by molar-refractivity contribution is 7.80. The third-order valence-corrected chi connectivity index (χ3v) is 5.85. The van der Waals surface area contributed by atoms with Gasteiger partial charge < -0.3 is 10.1 Å². The van der Waals surface area contributed by atoms with E-state index in [0.717, 1.165) is 22.5 Å². The Morgan fingerprint density at radius 1 is 1.19 bits per heavy atom. The molecule has 1 N–H and O–H groups in total. The van der Waals surface area contributed by atoms with Crippen molar-refractivity contribution in [3.8, 4) is 5.75 Å². The minimum Gasteiger partial charge on any atom is -0.497 e. The molecule has 4 rings (SSSR count). The number of rotatable bonds is 5. The topological polar surface area (TPSA) is 59.4 Å². The van der Waals surface area contributed by atoms with Crippen LogP contribution in [0.1, 0.15) is 22.5 Å². The van der Waals surface area contributed by atoms with Crippen molar-refractivity contribution in [1.29, 1.82) is 0 Å². The molecule has 0 unspecified atom stereocenters. The fraction of sp³-hybridized carbons (Fsp3) is 0.174. The van der Waals surface area contributed by atoms with Crippen LogP contribution in [0.5, 0.6) is 5.75 Å². The minimum atomic E-state index is -0.226. The van der Waals surface area contributed by atoms with Crippen LogP contribution >= 0.6 is 23.8 Å². The smallest absolute Gasteiger partial charge is 0.281 e. The highest BCUT2D eigenvalue weighted by Gasteiger charge is 2.32. The number of halogens is 1. The van der Waals surface area contributed by atoms with Crippen molar-refractivity contribution < 1.29 is 9.53 Å². The number of anilines is 1. The summed E-state index contributed by atoms with van der Waals surface area (Å²) in [6.07, 6.45) is 1.80. The number of carbonyl (C=O) groups excluding carboxylic acids is 1. The Morgan fingerprint density at radius 2 is 1.97 bits per heavy atom. The highest BCUT2D eigenvalue weighted by Crippen LogP contribution is 2.27. The molecule has 1 fully saturated rings. The van der Waals surface area contributed by atoms with Crippen LogP contribution in [0.4, 0.5) is 5.69 Å². The first-order valence-electron chi connectivity index (χ1n) is 9.67. The summed E-state index contributed by atoms with van der Waals surface area (Å²) in [5, 5.41) is 8.69. The zero-order valence-electron chi connectivity index (χ0n) is 17.3. The molecule has 8 heteroatoms. The normalized spacial score (nSPS) is 15.0. The van der Waals surface area contributed by atoms with Crippen LogP contribution in [0.2, 0.25) is 5.02 Å². The Kier molecular flexibility index (Phi) is 5.80. The first-order chi connectivity index (χ1) is 14.9. The van der Waals surface area contributed by atoms with E-state index in [0.29, 0.717) is 33.8 Å². The Hall–Kier alpha value is -3.16. The molecule has 0 aliphatic carbocycles. The van der Waals surface area contributed by atoms with E-state index < -0.39 is 0 Å². The monoisotopic (exact) mass is 452 g/mol. The Balaban J connectivity index is 1.64. The van der Waals surface area contributed by atoms with Crippen LogP contribution in [0.15, 0.2) is 54.2 Å². The number of thiocarbonyl (C=S) groups is 1. The lowest BCUT2D eigenvalue weighted by atomic mass is 10.1. The zero-order valence-corrected chi connectivity index (χ0v) is 18.9. The molecule has 0 saturated carbocycles. The van der Waals surface area contributed by atoms with Crippen LogP contribution in [-0.2, 0) is 11.3 Å². The van der Waals surface area contributed by atoms with Crippen molar-refractivity contribution >= 4 is 46.6 Å². The van der Waals surface area contributed by atoms with E-state index in [1.54, 1.807) is 19.3 Å². The summed E-state index contributed by atoms with van der Waals surface area (Å²) in [5.74, 6) is 0.425. The maximum Gasteiger partial charge on any atom is 0.281 e. The van der Waals surface area contributed by atoms with Crippen molar-refractivity contribution in [1.82, 2.24) is 15.1 Å². The quantitative estimate of drug-likeness (QED) is 0.457. The fourth-order valence-corrected chi connectivity index (χ4v) is 4.02. The third kappa shape index (κ3) is 4.06. The highest BCUT2D eigenvalue weighted by atomic mass is 35.5. The molecule has 1 aromatic heterocycles. The number of carbonyl (C=O) groups is 1. The first-order valence-corrected chi connectivity index (χ1v) is 10.5. The van der Waals surface area contributed by atoms with Crippen molar-refractivity contribution in [2.24, 2.45) is 0 Å². The lowest BCUT2D eigenvalue weighted by Crippen LogP contribution is -2.30. The molecule has 2 aromatic carbocycles. The lowest BCUT2D eigenvalue weighted by Gasteiger charge is -2.14. The van der Waals surface area contributed by atoms with Gasteiger partial charge in [0.25, 0.3) is 5.91 Å². The Morgan fingerprint density at radius 3 is 2.71 bits per heavy atom. The number of aryl methyl sites for hydroxylation is 1. The second-order valence-electron chi connectivity index (χ2n) is 7.16. The van der Waals surface area contributed by atoms with E-state index >= 15 is 0 Å². The summed E-state index contributed by atoms with van der Waals surface area (Å²) >= 11 is 11.7. The molecule has 1 aliphatic rings. The van der Waals surface area contributed by atoms with E-state index in [4.69, 9.17) is 28.6 Å². The number of nitrogens with one attached hydrogen (secondary N) is 1. The van der Waals surface area contributed by atoms with E-state index in [1.165, 1.54) is 4.90 Å². The van der Waals surface area contributed by atoms with Crippen molar-refractivity contribution in [3.63, 3.8) is 0 Å². The summed E-state index contributed by atoms with van der Waals surface area (Å²) in [6, 6.07) is 14.9. The van der Waals surface area contributed by atoms with Gasteiger partial charge in [-0.1, -0.05) is 35.9 Å². The number of nitrogens with zero attached hydrogens (tertiary/aromatic N) is 3. The molecule has 0 bridgehead atoms. The second-order valence-corrected chi connectivity index (χ2v) is 7.96. The van der Waals surface area contributed by atoms with Gasteiger partial charge in [-0.2, -0.15) is 5.10 Å². The maximum absolute atomic E-state index is 13.1. The largest absolute Gasteiger partial charge is 0.497 e. The summed E-state index contributed by atoms with van der Waals surface area (Å²) < 4.78 is 7.15. The van der Waals surface area contributed by atoms with Gasteiger partial charge in [-0.15, -0.1) is 0 Å². The number of ether oxygens (including phenoxy) is 1. The van der Waals surface area contributed by atoms with Crippen molar-refractivity contribution in [2.45, 2.75) is 20.4 Å². The van der Waals surface area contributed by atoms with Crippen LogP contribution in [0, 0.1) is 13.8 Å². The van der Waals surface area contributed by atoms with E-state index in [-0.39, 0.29) is 5.91 Å². The first kappa shape index (κ1) is 21.1. The number of benzene rings is 2. The molecule has 3 aromatic rings. The second kappa shape index (κ2) is 8.53. The lowest BCUT2D eigenvalue weighted by molar-refractivity contribution is -0.113. The van der Waals surface area contributed by atoms with Gasteiger partial charge in [0, 0.05) is 22.3 Å². The van der Waals surface area contributed by atoms with Gasteiger partial charge in [-0.05, 0) is 55.9 Å². The average molecular weight is 453 g/mol. The van der Waals surface area contributed by atoms with Gasteiger partial charge in [-0.3, -0.25) is 14.4 Å². The van der Waals surface area contributed by atoms with Gasteiger partial charge in [0.1, 0.15) is 11.4 Å². The summed E-state index contributed by atoms with van der Waals surface area (Å²) in [7, 11) is 1.58. The Bertz CT molecular complexity index is 1220. The minimum absolute atomic E-state index is 0.226. The molecular formula is C23H21ClN4O2S. The molecular weight excluding hydrogens is 432 g/mol. The number of hydrogen-bond acceptors (Lipinski definition) is 4. The molecule has 158 valence electrons. The molecule has 1 saturated heterocycles. The summed E-state index contributed by atoms with van der Waals surface area (Å²) in [5.41, 5.74) is 4.65. The third-order valence-electron chi connectivity index (χ3n) is 5.19. The molecule has 1 amide bonds. The number of aromatic nitrogens is 2. The van der Waals surface area contributed by atoms with Crippen LogP contribution in [-0.4, -0.2) is 27.9 Å². The molecule has 0 atom stereocenters. The van der Waals surface area contributed by atoms with Gasteiger partial charge >= 0.3 is 0 Å². The van der Waals surface area contributed by atoms with Gasteiger partial charge in [0.2, 0.25) is 0 Å². The molecule has 31 heavy (non-hydrogen) atoms. The number of amides is 1. The average Bonchev–Trinajstić information content (AvgIpc) is 3.19.